The Morgan fingerprint density at radius 1 is 1.35 bits per heavy atom. The third-order valence-corrected chi connectivity index (χ3v) is 2.54. The summed E-state index contributed by atoms with van der Waals surface area (Å²) < 4.78 is 1.97. The highest BCUT2D eigenvalue weighted by Gasteiger charge is 2.12. The lowest BCUT2D eigenvalue weighted by molar-refractivity contribution is 0.762. The smallest absolute Gasteiger partial charge is 0.222 e. The van der Waals surface area contributed by atoms with Crippen molar-refractivity contribution in [2.75, 3.05) is 5.73 Å². The van der Waals surface area contributed by atoms with Gasteiger partial charge in [-0.2, -0.15) is 4.98 Å². The lowest BCUT2D eigenvalue weighted by Crippen LogP contribution is -1.98. The Bertz CT molecular complexity index is 666. The molecule has 0 aromatic carbocycles. The fourth-order valence-corrected chi connectivity index (χ4v) is 1.69. The molecule has 0 saturated carbocycles. The molecule has 3 aromatic heterocycles. The monoisotopic (exact) mass is 229 g/mol. The number of nitrogen functional groups attached to an aromatic ring is 1. The first kappa shape index (κ1) is 9.76. The van der Waals surface area contributed by atoms with E-state index in [0.29, 0.717) is 11.3 Å². The van der Waals surface area contributed by atoms with Crippen LogP contribution in [0.15, 0.2) is 18.9 Å². The molecular formula is C10H11N7. The van der Waals surface area contributed by atoms with Gasteiger partial charge in [-0.15, -0.1) is 0 Å². The minimum absolute atomic E-state index is 0.200. The summed E-state index contributed by atoms with van der Waals surface area (Å²) in [6.45, 7) is 2.91. The van der Waals surface area contributed by atoms with Crippen molar-refractivity contribution in [3.63, 3.8) is 0 Å². The molecule has 0 saturated heterocycles. The number of hydrogen-bond donors (Lipinski definition) is 2. The van der Waals surface area contributed by atoms with Crippen LogP contribution in [-0.2, 0) is 6.54 Å². The van der Waals surface area contributed by atoms with Crippen LogP contribution in [0.3, 0.4) is 0 Å². The van der Waals surface area contributed by atoms with Gasteiger partial charge in [0.05, 0.1) is 12.7 Å². The molecule has 0 unspecified atom stereocenters. The van der Waals surface area contributed by atoms with E-state index in [2.05, 4.69) is 24.9 Å². The van der Waals surface area contributed by atoms with Gasteiger partial charge in [-0.25, -0.2) is 15.0 Å². The Kier molecular flexibility index (Phi) is 2.04. The van der Waals surface area contributed by atoms with Crippen molar-refractivity contribution in [3.8, 4) is 11.4 Å². The van der Waals surface area contributed by atoms with Gasteiger partial charge < -0.3 is 15.3 Å². The number of nitrogens with two attached hydrogens (primary N) is 1. The van der Waals surface area contributed by atoms with Crippen LogP contribution < -0.4 is 5.73 Å². The number of aromatic nitrogens is 6. The summed E-state index contributed by atoms with van der Waals surface area (Å²) in [6, 6.07) is 0. The second kappa shape index (κ2) is 3.55. The van der Waals surface area contributed by atoms with Crippen molar-refractivity contribution in [1.82, 2.24) is 29.5 Å². The Hall–Kier alpha value is -2.44. The molecule has 0 amide bonds. The van der Waals surface area contributed by atoms with Gasteiger partial charge in [0.25, 0.3) is 0 Å². The molecule has 0 atom stereocenters. The summed E-state index contributed by atoms with van der Waals surface area (Å²) in [6.07, 6.45) is 5.25. The Morgan fingerprint density at radius 2 is 2.24 bits per heavy atom. The van der Waals surface area contributed by atoms with Crippen molar-refractivity contribution < 1.29 is 0 Å². The summed E-state index contributed by atoms with van der Waals surface area (Å²) in [5.41, 5.74) is 8.39. The molecule has 3 heterocycles. The molecule has 0 aliphatic rings. The summed E-state index contributed by atoms with van der Waals surface area (Å²) in [7, 11) is 0. The van der Waals surface area contributed by atoms with Crippen LogP contribution in [-0.4, -0.2) is 29.5 Å². The number of H-pyrrole nitrogens is 1. The predicted molar refractivity (Wildman–Crippen MR) is 63.0 cm³/mol. The van der Waals surface area contributed by atoms with E-state index in [4.69, 9.17) is 5.73 Å². The minimum Gasteiger partial charge on any atom is -0.368 e. The molecule has 0 bridgehead atoms. The van der Waals surface area contributed by atoms with E-state index in [1.54, 1.807) is 12.7 Å². The number of aromatic amines is 1. The minimum atomic E-state index is 0.200. The Morgan fingerprint density at radius 3 is 3.00 bits per heavy atom. The topological polar surface area (TPSA) is 98.3 Å². The lowest BCUT2D eigenvalue weighted by atomic mass is 10.3. The van der Waals surface area contributed by atoms with E-state index in [0.717, 1.165) is 17.8 Å². The lowest BCUT2D eigenvalue weighted by Gasteiger charge is -1.99. The quantitative estimate of drug-likeness (QED) is 0.677. The Balaban J connectivity index is 2.24. The maximum atomic E-state index is 5.65. The molecule has 0 fully saturated rings. The molecule has 7 heteroatoms. The zero-order valence-electron chi connectivity index (χ0n) is 9.25. The van der Waals surface area contributed by atoms with E-state index < -0.39 is 0 Å². The van der Waals surface area contributed by atoms with Gasteiger partial charge in [-0.3, -0.25) is 0 Å². The fourth-order valence-electron chi connectivity index (χ4n) is 1.69. The molecule has 0 aliphatic carbocycles. The number of nitrogens with zero attached hydrogens (tertiary/aromatic N) is 5. The largest absolute Gasteiger partial charge is 0.368 e. The molecule has 7 nitrogen and oxygen atoms in total. The SMILES string of the molecule is CCn1cnc(-c2nc(N)nc3nc[nH]c23)c1. The third kappa shape index (κ3) is 1.52. The average Bonchev–Trinajstić information content (AvgIpc) is 2.95. The van der Waals surface area contributed by atoms with Crippen LogP contribution in [0.2, 0.25) is 0 Å². The zero-order valence-corrected chi connectivity index (χ0v) is 9.25. The molecule has 3 aromatic rings. The summed E-state index contributed by atoms with van der Waals surface area (Å²) in [4.78, 5) is 19.6. The number of rotatable bonds is 2. The number of anilines is 1. The number of fused-ring (bicyclic) bond motifs is 1. The van der Waals surface area contributed by atoms with Gasteiger partial charge in [-0.1, -0.05) is 0 Å². The highest BCUT2D eigenvalue weighted by Crippen LogP contribution is 2.22. The van der Waals surface area contributed by atoms with Crippen molar-refractivity contribution >= 4 is 17.1 Å². The number of hydrogen-bond acceptors (Lipinski definition) is 5. The van der Waals surface area contributed by atoms with Crippen molar-refractivity contribution in [1.29, 1.82) is 0 Å². The van der Waals surface area contributed by atoms with Gasteiger partial charge in [-0.05, 0) is 6.92 Å². The second-order valence-corrected chi connectivity index (χ2v) is 3.62. The van der Waals surface area contributed by atoms with E-state index >= 15 is 0 Å². The Labute approximate surface area is 96.7 Å². The van der Waals surface area contributed by atoms with Gasteiger partial charge in [0.1, 0.15) is 16.9 Å². The maximum absolute atomic E-state index is 5.65. The zero-order chi connectivity index (χ0) is 11.8. The average molecular weight is 229 g/mol. The summed E-state index contributed by atoms with van der Waals surface area (Å²) in [5, 5.41) is 0. The summed E-state index contributed by atoms with van der Waals surface area (Å²) >= 11 is 0. The number of aryl methyl sites for hydroxylation is 1. The molecule has 86 valence electrons. The molecule has 0 spiro atoms. The van der Waals surface area contributed by atoms with E-state index in [9.17, 15) is 0 Å². The number of nitrogens with one attached hydrogen (secondary N) is 1. The molecule has 3 N–H and O–H groups in total. The van der Waals surface area contributed by atoms with Gasteiger partial charge in [0, 0.05) is 12.7 Å². The number of imidazole rings is 2. The standard InChI is InChI=1S/C10H11N7/c1-2-17-3-6(14-5-17)7-8-9(13-4-12-8)16-10(11)15-7/h3-5H,2H2,1H3,(H3,11,12,13,15,16). The fraction of sp³-hybridized carbons (Fsp3) is 0.200. The molecule has 3 rings (SSSR count). The highest BCUT2D eigenvalue weighted by atomic mass is 15.1. The van der Waals surface area contributed by atoms with E-state index in [-0.39, 0.29) is 5.95 Å². The van der Waals surface area contributed by atoms with Crippen molar-refractivity contribution in [3.05, 3.63) is 18.9 Å². The third-order valence-electron chi connectivity index (χ3n) is 2.54. The van der Waals surface area contributed by atoms with Crippen LogP contribution >= 0.6 is 0 Å². The van der Waals surface area contributed by atoms with Crippen molar-refractivity contribution in [2.24, 2.45) is 0 Å². The van der Waals surface area contributed by atoms with Crippen LogP contribution in [0.1, 0.15) is 6.92 Å². The molecule has 17 heavy (non-hydrogen) atoms. The van der Waals surface area contributed by atoms with Gasteiger partial charge >= 0.3 is 0 Å². The first-order valence-electron chi connectivity index (χ1n) is 5.26. The molecular weight excluding hydrogens is 218 g/mol. The van der Waals surface area contributed by atoms with Crippen LogP contribution in [0.5, 0.6) is 0 Å². The molecule has 0 aliphatic heterocycles. The normalized spacial score (nSPS) is 11.1. The highest BCUT2D eigenvalue weighted by molar-refractivity contribution is 5.86. The second-order valence-electron chi connectivity index (χ2n) is 3.62. The predicted octanol–water partition coefficient (Wildman–Crippen LogP) is 0.819. The first-order chi connectivity index (χ1) is 8.28. The first-order valence-corrected chi connectivity index (χ1v) is 5.26. The van der Waals surface area contributed by atoms with Crippen LogP contribution in [0, 0.1) is 0 Å². The van der Waals surface area contributed by atoms with Gasteiger partial charge in [0.15, 0.2) is 5.65 Å². The van der Waals surface area contributed by atoms with E-state index in [1.165, 1.54) is 0 Å². The van der Waals surface area contributed by atoms with Gasteiger partial charge in [0.2, 0.25) is 5.95 Å². The molecule has 0 radical (unpaired) electrons. The summed E-state index contributed by atoms with van der Waals surface area (Å²) in [5.74, 6) is 0.200. The van der Waals surface area contributed by atoms with E-state index in [1.807, 2.05) is 17.7 Å². The maximum Gasteiger partial charge on any atom is 0.222 e. The van der Waals surface area contributed by atoms with Crippen LogP contribution in [0.4, 0.5) is 5.95 Å². The van der Waals surface area contributed by atoms with Crippen LogP contribution in [0.25, 0.3) is 22.6 Å². The van der Waals surface area contributed by atoms with Crippen molar-refractivity contribution in [2.45, 2.75) is 13.5 Å².